The van der Waals surface area contributed by atoms with Crippen LogP contribution in [-0.4, -0.2) is 16.1 Å². The zero-order valence-corrected chi connectivity index (χ0v) is 11.6. The number of nitrogens with zero attached hydrogens (tertiary/aromatic N) is 3. The fraction of sp³-hybridized carbons (Fsp3) is 0.231. The first-order chi connectivity index (χ1) is 8.76. The summed E-state index contributed by atoms with van der Waals surface area (Å²) >= 11 is 3.46. The first kappa shape index (κ1) is 12.8. The van der Waals surface area contributed by atoms with Gasteiger partial charge in [0, 0.05) is 23.4 Å². The fourth-order valence-corrected chi connectivity index (χ4v) is 2.10. The van der Waals surface area contributed by atoms with E-state index < -0.39 is 0 Å². The lowest BCUT2D eigenvalue weighted by Gasteiger charge is -2.12. The van der Waals surface area contributed by atoms with Gasteiger partial charge in [0.05, 0.1) is 5.69 Å². The molecular formula is C13H13BrN4. The SMILES string of the molecule is CCNCc1ccc(Br)cc1-n1ccnc1C#N. The number of hydrogen-bond donors (Lipinski definition) is 1. The van der Waals surface area contributed by atoms with E-state index in [4.69, 9.17) is 5.26 Å². The minimum absolute atomic E-state index is 0.394. The van der Waals surface area contributed by atoms with Gasteiger partial charge in [-0.05, 0) is 24.2 Å². The van der Waals surface area contributed by atoms with Crippen molar-refractivity contribution in [1.82, 2.24) is 14.9 Å². The van der Waals surface area contributed by atoms with Crippen molar-refractivity contribution in [2.75, 3.05) is 6.54 Å². The molecule has 0 aliphatic heterocycles. The summed E-state index contributed by atoms with van der Waals surface area (Å²) in [6, 6.07) is 8.13. The molecular weight excluding hydrogens is 292 g/mol. The van der Waals surface area contributed by atoms with Crippen LogP contribution < -0.4 is 5.32 Å². The smallest absolute Gasteiger partial charge is 0.217 e. The Hall–Kier alpha value is -1.64. The molecule has 1 N–H and O–H groups in total. The van der Waals surface area contributed by atoms with Gasteiger partial charge in [0.25, 0.3) is 0 Å². The average Bonchev–Trinajstić information content (AvgIpc) is 2.85. The first-order valence-corrected chi connectivity index (χ1v) is 6.48. The van der Waals surface area contributed by atoms with Gasteiger partial charge in [0.2, 0.25) is 5.82 Å². The van der Waals surface area contributed by atoms with Crippen molar-refractivity contribution in [2.24, 2.45) is 0 Å². The molecule has 92 valence electrons. The Labute approximate surface area is 114 Å². The number of benzene rings is 1. The first-order valence-electron chi connectivity index (χ1n) is 5.69. The third-order valence-corrected chi connectivity index (χ3v) is 3.11. The zero-order valence-electron chi connectivity index (χ0n) is 10.0. The van der Waals surface area contributed by atoms with Crippen LogP contribution in [0.15, 0.2) is 35.1 Å². The Bertz CT molecular complexity index is 583. The summed E-state index contributed by atoms with van der Waals surface area (Å²) in [7, 11) is 0. The highest BCUT2D eigenvalue weighted by Crippen LogP contribution is 2.21. The van der Waals surface area contributed by atoms with Gasteiger partial charge in [-0.3, -0.25) is 4.57 Å². The summed E-state index contributed by atoms with van der Waals surface area (Å²) in [5.74, 6) is 0.394. The second-order valence-electron chi connectivity index (χ2n) is 3.79. The molecule has 0 unspecified atom stereocenters. The third-order valence-electron chi connectivity index (χ3n) is 2.61. The third kappa shape index (κ3) is 2.61. The molecule has 1 heterocycles. The van der Waals surface area contributed by atoms with Crippen LogP contribution in [0.1, 0.15) is 18.3 Å². The molecule has 0 radical (unpaired) electrons. The Balaban J connectivity index is 2.48. The fourth-order valence-electron chi connectivity index (χ4n) is 1.75. The molecule has 2 rings (SSSR count). The summed E-state index contributed by atoms with van der Waals surface area (Å²) < 4.78 is 2.78. The Morgan fingerprint density at radius 1 is 1.50 bits per heavy atom. The monoisotopic (exact) mass is 304 g/mol. The van der Waals surface area contributed by atoms with Gasteiger partial charge in [0.1, 0.15) is 6.07 Å². The average molecular weight is 305 g/mol. The minimum atomic E-state index is 0.394. The van der Waals surface area contributed by atoms with E-state index in [1.807, 2.05) is 18.2 Å². The molecule has 5 heteroatoms. The van der Waals surface area contributed by atoms with Crippen molar-refractivity contribution < 1.29 is 0 Å². The van der Waals surface area contributed by atoms with Crippen LogP contribution in [-0.2, 0) is 6.54 Å². The topological polar surface area (TPSA) is 53.6 Å². The molecule has 4 nitrogen and oxygen atoms in total. The number of rotatable bonds is 4. The second kappa shape index (κ2) is 5.80. The standard InChI is InChI=1S/C13H13BrN4/c1-2-16-9-10-3-4-11(14)7-12(10)18-6-5-17-13(18)8-15/h3-7,16H,2,9H2,1H3. The summed E-state index contributed by atoms with van der Waals surface area (Å²) in [4.78, 5) is 4.03. The number of nitriles is 1. The van der Waals surface area contributed by atoms with Crippen molar-refractivity contribution in [1.29, 1.82) is 5.26 Å². The number of hydrogen-bond acceptors (Lipinski definition) is 3. The summed E-state index contributed by atoms with van der Waals surface area (Å²) in [6.45, 7) is 3.74. The van der Waals surface area contributed by atoms with Crippen LogP contribution >= 0.6 is 15.9 Å². The van der Waals surface area contributed by atoms with Crippen LogP contribution in [0.4, 0.5) is 0 Å². The van der Waals surface area contributed by atoms with Crippen LogP contribution in [0.3, 0.4) is 0 Å². The highest BCUT2D eigenvalue weighted by molar-refractivity contribution is 9.10. The van der Waals surface area contributed by atoms with E-state index in [2.05, 4.69) is 39.2 Å². The lowest BCUT2D eigenvalue weighted by Crippen LogP contribution is -2.14. The molecule has 0 saturated carbocycles. The normalized spacial score (nSPS) is 10.3. The quantitative estimate of drug-likeness (QED) is 0.944. The molecule has 0 atom stereocenters. The Morgan fingerprint density at radius 3 is 3.06 bits per heavy atom. The Morgan fingerprint density at radius 2 is 2.33 bits per heavy atom. The maximum absolute atomic E-state index is 9.04. The molecule has 0 amide bonds. The lowest BCUT2D eigenvalue weighted by molar-refractivity contribution is 0.722. The molecule has 1 aromatic carbocycles. The molecule has 18 heavy (non-hydrogen) atoms. The molecule has 0 saturated heterocycles. The summed E-state index contributed by atoms with van der Waals surface area (Å²) in [6.07, 6.45) is 3.44. The zero-order chi connectivity index (χ0) is 13.0. The van der Waals surface area contributed by atoms with Gasteiger partial charge in [0.15, 0.2) is 0 Å². The molecule has 0 bridgehead atoms. The van der Waals surface area contributed by atoms with Gasteiger partial charge in [-0.1, -0.05) is 28.9 Å². The molecule has 0 spiro atoms. The predicted molar refractivity (Wildman–Crippen MR) is 73.4 cm³/mol. The highest BCUT2D eigenvalue weighted by Gasteiger charge is 2.09. The maximum atomic E-state index is 9.04. The molecule has 2 aromatic rings. The lowest BCUT2D eigenvalue weighted by atomic mass is 10.1. The van der Waals surface area contributed by atoms with E-state index in [9.17, 15) is 0 Å². The van der Waals surface area contributed by atoms with E-state index in [0.29, 0.717) is 5.82 Å². The summed E-state index contributed by atoms with van der Waals surface area (Å²) in [5, 5.41) is 12.3. The van der Waals surface area contributed by atoms with E-state index in [1.165, 1.54) is 0 Å². The van der Waals surface area contributed by atoms with Gasteiger partial charge < -0.3 is 5.32 Å². The largest absolute Gasteiger partial charge is 0.313 e. The van der Waals surface area contributed by atoms with Crippen LogP contribution in [0.25, 0.3) is 5.69 Å². The highest BCUT2D eigenvalue weighted by atomic mass is 79.9. The van der Waals surface area contributed by atoms with Gasteiger partial charge in [-0.25, -0.2) is 4.98 Å². The van der Waals surface area contributed by atoms with Crippen molar-refractivity contribution in [3.63, 3.8) is 0 Å². The van der Waals surface area contributed by atoms with Gasteiger partial charge in [-0.15, -0.1) is 0 Å². The summed E-state index contributed by atoms with van der Waals surface area (Å²) in [5.41, 5.74) is 2.11. The van der Waals surface area contributed by atoms with Gasteiger partial charge >= 0.3 is 0 Å². The van der Waals surface area contributed by atoms with E-state index in [-0.39, 0.29) is 0 Å². The number of halogens is 1. The number of imidazole rings is 1. The Kier molecular flexibility index (Phi) is 4.13. The van der Waals surface area contributed by atoms with Crippen molar-refractivity contribution in [2.45, 2.75) is 13.5 Å². The van der Waals surface area contributed by atoms with E-state index in [0.717, 1.165) is 28.8 Å². The molecule has 0 fully saturated rings. The maximum Gasteiger partial charge on any atom is 0.217 e. The van der Waals surface area contributed by atoms with E-state index >= 15 is 0 Å². The van der Waals surface area contributed by atoms with Gasteiger partial charge in [-0.2, -0.15) is 5.26 Å². The van der Waals surface area contributed by atoms with Crippen molar-refractivity contribution >= 4 is 15.9 Å². The minimum Gasteiger partial charge on any atom is -0.313 e. The predicted octanol–water partition coefficient (Wildman–Crippen LogP) is 2.62. The molecule has 0 aliphatic rings. The van der Waals surface area contributed by atoms with Crippen molar-refractivity contribution in [3.05, 3.63) is 46.5 Å². The molecule has 1 aromatic heterocycles. The van der Waals surface area contributed by atoms with E-state index in [1.54, 1.807) is 17.0 Å². The van der Waals surface area contributed by atoms with Crippen LogP contribution in [0.2, 0.25) is 0 Å². The number of nitrogens with one attached hydrogen (secondary N) is 1. The number of aromatic nitrogens is 2. The molecule has 0 aliphatic carbocycles. The van der Waals surface area contributed by atoms with Crippen LogP contribution in [0.5, 0.6) is 0 Å². The van der Waals surface area contributed by atoms with Crippen LogP contribution in [0, 0.1) is 11.3 Å². The van der Waals surface area contributed by atoms with Crippen molar-refractivity contribution in [3.8, 4) is 11.8 Å². The second-order valence-corrected chi connectivity index (χ2v) is 4.70.